The fourth-order valence-electron chi connectivity index (χ4n) is 6.55. The lowest BCUT2D eigenvalue weighted by atomic mass is 9.73. The summed E-state index contributed by atoms with van der Waals surface area (Å²) in [5.74, 6) is -0.100. The van der Waals surface area contributed by atoms with Crippen molar-refractivity contribution in [1.29, 1.82) is 0 Å². The third kappa shape index (κ3) is 4.18. The fourth-order valence-corrected chi connectivity index (χ4v) is 8.36. The van der Waals surface area contributed by atoms with Gasteiger partial charge in [-0.3, -0.25) is 0 Å². The molecule has 3 saturated carbocycles. The number of hydrogen-bond acceptors (Lipinski definition) is 5. The van der Waals surface area contributed by atoms with Crippen molar-refractivity contribution in [3.63, 3.8) is 0 Å². The van der Waals surface area contributed by atoms with Gasteiger partial charge in [-0.25, -0.2) is 18.9 Å². The predicted octanol–water partition coefficient (Wildman–Crippen LogP) is 7.95. The van der Waals surface area contributed by atoms with Crippen LogP contribution >= 0.6 is 34.5 Å². The van der Waals surface area contributed by atoms with E-state index in [-0.39, 0.29) is 29.1 Å². The number of fused-ring (bicyclic) bond motifs is 3. The molecule has 2 bridgehead atoms. The maximum atomic E-state index is 14.6. The summed E-state index contributed by atoms with van der Waals surface area (Å²) >= 11 is 14.3. The van der Waals surface area contributed by atoms with E-state index in [1.165, 1.54) is 23.0 Å². The van der Waals surface area contributed by atoms with Crippen LogP contribution < -0.4 is 0 Å². The number of nitrogens with zero attached hydrogens (tertiary/aromatic N) is 4. The summed E-state index contributed by atoms with van der Waals surface area (Å²) in [7, 11) is 0. The third-order valence-corrected chi connectivity index (χ3v) is 10.4. The van der Waals surface area contributed by atoms with Gasteiger partial charge in [-0.1, -0.05) is 29.3 Å². The van der Waals surface area contributed by atoms with E-state index in [2.05, 4.69) is 14.9 Å². The van der Waals surface area contributed by atoms with Crippen LogP contribution in [0.5, 0.6) is 0 Å². The first-order valence-corrected chi connectivity index (χ1v) is 14.8. The fraction of sp³-hybridized carbons (Fsp3) is 0.414. The number of ether oxygens (including phenoxy) is 1. The Hall–Kier alpha value is -2.54. The van der Waals surface area contributed by atoms with Crippen LogP contribution in [-0.4, -0.2) is 26.0 Å². The standard InChI is InChI=1S/C29H25Cl2FN4O2S/c1-33-18-11-23(32)26-25(12-18)39-28(35-26)29(37)16-7-8-17(29)10-19(9-16)38-14-24-20(15-5-6-15)13-34-36(24)27-21(30)3-2-4-22(27)31/h2-4,11-13,15-17,19,37H,5-10,14H2/t16-,17+,19?,29?. The van der Waals surface area contributed by atoms with Gasteiger partial charge in [-0.2, -0.15) is 5.10 Å². The van der Waals surface area contributed by atoms with Crippen molar-refractivity contribution in [3.8, 4) is 5.69 Å². The maximum absolute atomic E-state index is 14.6. The molecule has 0 spiro atoms. The lowest BCUT2D eigenvalue weighted by Crippen LogP contribution is -2.44. The number of aromatic nitrogens is 3. The first-order chi connectivity index (χ1) is 18.9. The molecule has 3 aliphatic carbocycles. The summed E-state index contributed by atoms with van der Waals surface area (Å²) in [6.07, 6.45) is 7.27. The van der Waals surface area contributed by atoms with Crippen LogP contribution in [0.15, 0.2) is 36.5 Å². The highest BCUT2D eigenvalue weighted by molar-refractivity contribution is 7.18. The van der Waals surface area contributed by atoms with E-state index < -0.39 is 11.4 Å². The zero-order valence-corrected chi connectivity index (χ0v) is 23.2. The Balaban J connectivity index is 1.14. The summed E-state index contributed by atoms with van der Waals surface area (Å²) < 4.78 is 23.6. The first kappa shape index (κ1) is 25.4. The number of aliphatic hydroxyl groups is 1. The molecular weight excluding hydrogens is 558 g/mol. The van der Waals surface area contributed by atoms with Gasteiger partial charge in [0.1, 0.15) is 27.6 Å². The summed E-state index contributed by atoms with van der Waals surface area (Å²) in [4.78, 5) is 7.91. The molecule has 200 valence electrons. The van der Waals surface area contributed by atoms with E-state index in [9.17, 15) is 9.50 Å². The zero-order valence-electron chi connectivity index (χ0n) is 20.9. The van der Waals surface area contributed by atoms with Crippen LogP contribution in [0.4, 0.5) is 10.1 Å². The monoisotopic (exact) mass is 582 g/mol. The van der Waals surface area contributed by atoms with Gasteiger partial charge in [0.25, 0.3) is 0 Å². The third-order valence-electron chi connectivity index (χ3n) is 8.63. The first-order valence-electron chi connectivity index (χ1n) is 13.2. The Morgan fingerprint density at radius 3 is 2.54 bits per heavy atom. The Morgan fingerprint density at radius 2 is 1.87 bits per heavy atom. The van der Waals surface area contributed by atoms with Crippen molar-refractivity contribution >= 4 is 50.4 Å². The molecule has 2 unspecified atom stereocenters. The highest BCUT2D eigenvalue weighted by Crippen LogP contribution is 2.57. The van der Waals surface area contributed by atoms with Crippen molar-refractivity contribution < 1.29 is 14.2 Å². The summed E-state index contributed by atoms with van der Waals surface area (Å²) in [5, 5.41) is 18.2. The molecule has 3 fully saturated rings. The molecule has 1 N–H and O–H groups in total. The van der Waals surface area contributed by atoms with Gasteiger partial charge >= 0.3 is 0 Å². The normalized spacial score (nSPS) is 26.3. The molecule has 0 saturated heterocycles. The van der Waals surface area contributed by atoms with Gasteiger partial charge in [-0.15, -0.1) is 11.3 Å². The highest BCUT2D eigenvalue weighted by Gasteiger charge is 2.56. The van der Waals surface area contributed by atoms with Crippen molar-refractivity contribution in [2.24, 2.45) is 11.8 Å². The second-order valence-electron chi connectivity index (χ2n) is 10.9. The van der Waals surface area contributed by atoms with Gasteiger partial charge < -0.3 is 9.84 Å². The molecule has 2 aromatic heterocycles. The second kappa shape index (κ2) is 9.53. The minimum atomic E-state index is -1.11. The van der Waals surface area contributed by atoms with Crippen LogP contribution in [0.1, 0.15) is 60.7 Å². The molecule has 6 nitrogen and oxygen atoms in total. The van der Waals surface area contributed by atoms with Crippen molar-refractivity contribution in [2.75, 3.05) is 0 Å². The molecule has 2 aromatic carbocycles. The Kier molecular flexibility index (Phi) is 6.22. The number of rotatable bonds is 6. The van der Waals surface area contributed by atoms with Crippen LogP contribution in [0.3, 0.4) is 0 Å². The maximum Gasteiger partial charge on any atom is 0.191 e. The average molecular weight is 584 g/mol. The summed E-state index contributed by atoms with van der Waals surface area (Å²) in [6, 6.07) is 8.29. The molecule has 4 atom stereocenters. The minimum absolute atomic E-state index is 0.0280. The van der Waals surface area contributed by atoms with Gasteiger partial charge in [-0.05, 0) is 86.1 Å². The number of halogens is 3. The molecule has 0 aliphatic heterocycles. The topological polar surface area (TPSA) is 64.5 Å². The van der Waals surface area contributed by atoms with E-state index in [0.29, 0.717) is 50.8 Å². The molecule has 0 radical (unpaired) electrons. The molecule has 4 aromatic rings. The highest BCUT2D eigenvalue weighted by atomic mass is 35.5. The number of thiazole rings is 1. The largest absolute Gasteiger partial charge is 0.382 e. The van der Waals surface area contributed by atoms with Gasteiger partial charge in [0.15, 0.2) is 5.69 Å². The summed E-state index contributed by atoms with van der Waals surface area (Å²) in [6.45, 7) is 7.60. The quantitative estimate of drug-likeness (QED) is 0.234. The predicted molar refractivity (Wildman–Crippen MR) is 149 cm³/mol. The van der Waals surface area contributed by atoms with Crippen LogP contribution in [0.25, 0.3) is 20.7 Å². The van der Waals surface area contributed by atoms with Crippen LogP contribution in [-0.2, 0) is 16.9 Å². The molecule has 10 heteroatoms. The van der Waals surface area contributed by atoms with E-state index in [1.54, 1.807) is 6.07 Å². The minimum Gasteiger partial charge on any atom is -0.382 e. The van der Waals surface area contributed by atoms with Crippen LogP contribution in [0.2, 0.25) is 10.0 Å². The van der Waals surface area contributed by atoms with E-state index in [0.717, 1.165) is 31.4 Å². The van der Waals surface area contributed by atoms with Crippen molar-refractivity contribution in [2.45, 2.75) is 62.8 Å². The van der Waals surface area contributed by atoms with Crippen molar-refractivity contribution in [3.05, 3.63) is 80.1 Å². The van der Waals surface area contributed by atoms with E-state index in [1.807, 2.05) is 29.1 Å². The average Bonchev–Trinajstić information content (AvgIpc) is 3.49. The van der Waals surface area contributed by atoms with E-state index in [4.69, 9.17) is 34.5 Å². The smallest absolute Gasteiger partial charge is 0.191 e. The summed E-state index contributed by atoms with van der Waals surface area (Å²) in [5.41, 5.74) is 2.17. The molecule has 2 heterocycles. The van der Waals surface area contributed by atoms with Crippen molar-refractivity contribution in [1.82, 2.24) is 14.8 Å². The van der Waals surface area contributed by atoms with Gasteiger partial charge in [0.05, 0.1) is 41.2 Å². The number of para-hydroxylation sites is 1. The molecule has 3 aliphatic rings. The lowest BCUT2D eigenvalue weighted by Gasteiger charge is -2.41. The number of hydrogen-bond donors (Lipinski definition) is 1. The second-order valence-corrected chi connectivity index (χ2v) is 12.8. The van der Waals surface area contributed by atoms with E-state index >= 15 is 0 Å². The zero-order chi connectivity index (χ0) is 26.9. The number of benzene rings is 2. The molecule has 0 amide bonds. The van der Waals surface area contributed by atoms with Gasteiger partial charge in [0.2, 0.25) is 0 Å². The lowest BCUT2D eigenvalue weighted by molar-refractivity contribution is -0.116. The SMILES string of the molecule is [C-]#[N+]c1cc(F)c2nc(C3(O)[C@@H]4CC[C@H]3CC(OCc3c(C5CC5)cnn3-c3c(Cl)cccc3Cl)C4)sc2c1. The Bertz CT molecular complexity index is 1610. The Morgan fingerprint density at radius 1 is 1.15 bits per heavy atom. The molecule has 7 rings (SSSR count). The Labute approximate surface area is 239 Å². The van der Waals surface area contributed by atoms with Crippen LogP contribution in [0, 0.1) is 24.2 Å². The van der Waals surface area contributed by atoms with Gasteiger partial charge in [0, 0.05) is 4.70 Å². The molecular formula is C29H25Cl2FN4O2S. The molecule has 39 heavy (non-hydrogen) atoms.